The van der Waals surface area contributed by atoms with Crippen molar-refractivity contribution < 1.29 is 4.79 Å². The van der Waals surface area contributed by atoms with Gasteiger partial charge in [0.05, 0.1) is 11.0 Å². The van der Waals surface area contributed by atoms with Gasteiger partial charge in [-0.25, -0.2) is 4.79 Å². The molecule has 1 fully saturated rings. The van der Waals surface area contributed by atoms with Crippen LogP contribution >= 0.6 is 0 Å². The molecule has 0 atom stereocenters. The van der Waals surface area contributed by atoms with Crippen molar-refractivity contribution >= 4 is 22.8 Å². The lowest BCUT2D eigenvalue weighted by atomic mass is 9.96. The van der Waals surface area contributed by atoms with Gasteiger partial charge in [0.15, 0.2) is 0 Å². The van der Waals surface area contributed by atoms with Gasteiger partial charge in [-0.05, 0) is 31.0 Å². The highest BCUT2D eigenvalue weighted by Gasteiger charge is 2.18. The van der Waals surface area contributed by atoms with E-state index in [1.165, 1.54) is 19.3 Å². The zero-order valence-electron chi connectivity index (χ0n) is 12.2. The number of hydrogen-bond donors (Lipinski definition) is 1. The first-order valence-corrected chi connectivity index (χ1v) is 7.49. The van der Waals surface area contributed by atoms with Crippen LogP contribution in [0.1, 0.15) is 32.1 Å². The Bertz CT molecular complexity index is 637. The maximum absolute atomic E-state index is 12.3. The van der Waals surface area contributed by atoms with E-state index in [0.29, 0.717) is 6.04 Å². The van der Waals surface area contributed by atoms with Crippen molar-refractivity contribution in [2.75, 3.05) is 11.9 Å². The molecular weight excluding hydrogens is 264 g/mol. The highest BCUT2D eigenvalue weighted by Crippen LogP contribution is 2.20. The smallest absolute Gasteiger partial charge is 0.321 e. The maximum atomic E-state index is 12.3. The van der Waals surface area contributed by atoms with Crippen LogP contribution in [-0.2, 0) is 0 Å². The predicted octanol–water partition coefficient (Wildman–Crippen LogP) is 3.11. The Kier molecular flexibility index (Phi) is 3.99. The molecular formula is C16H20N4O. The number of rotatable bonds is 2. The Labute approximate surface area is 124 Å². The third-order valence-corrected chi connectivity index (χ3v) is 4.08. The van der Waals surface area contributed by atoms with E-state index in [4.69, 9.17) is 0 Å². The molecule has 1 N–H and O–H groups in total. The minimum atomic E-state index is -0.0508. The second kappa shape index (κ2) is 6.08. The monoisotopic (exact) mass is 284 g/mol. The van der Waals surface area contributed by atoms with Crippen molar-refractivity contribution in [1.29, 1.82) is 0 Å². The average Bonchev–Trinajstić information content (AvgIpc) is 2.54. The molecule has 0 bridgehead atoms. The number of urea groups is 1. The number of amides is 2. The molecule has 1 aromatic carbocycles. The van der Waals surface area contributed by atoms with Crippen LogP contribution in [0.5, 0.6) is 0 Å². The lowest BCUT2D eigenvalue weighted by molar-refractivity contribution is 0.239. The molecule has 0 spiro atoms. The number of hydrogen-bond acceptors (Lipinski definition) is 3. The Hall–Kier alpha value is -2.17. The summed E-state index contributed by atoms with van der Waals surface area (Å²) in [5.74, 6) is 0. The van der Waals surface area contributed by atoms with Gasteiger partial charge < -0.3 is 5.32 Å². The largest absolute Gasteiger partial charge is 0.335 e. The molecule has 1 aliphatic carbocycles. The topological polar surface area (TPSA) is 58.1 Å². The zero-order valence-corrected chi connectivity index (χ0v) is 12.2. The van der Waals surface area contributed by atoms with Crippen LogP contribution in [0.2, 0.25) is 0 Å². The number of nitrogens with one attached hydrogen (secondary N) is 1. The second-order valence-electron chi connectivity index (χ2n) is 5.57. The highest BCUT2D eigenvalue weighted by atomic mass is 16.2. The SMILES string of the molecule is CN(C(=O)NC1CCCCC1)c1ccc2nccnc2c1. The fraction of sp³-hybridized carbons (Fsp3) is 0.438. The summed E-state index contributed by atoms with van der Waals surface area (Å²) in [6.07, 6.45) is 9.20. The van der Waals surface area contributed by atoms with Crippen molar-refractivity contribution in [1.82, 2.24) is 15.3 Å². The Morgan fingerprint density at radius 2 is 1.86 bits per heavy atom. The molecule has 0 saturated heterocycles. The minimum absolute atomic E-state index is 0.0508. The molecule has 1 heterocycles. The average molecular weight is 284 g/mol. The van der Waals surface area contributed by atoms with E-state index >= 15 is 0 Å². The van der Waals surface area contributed by atoms with Gasteiger partial charge in [0.1, 0.15) is 0 Å². The fourth-order valence-corrected chi connectivity index (χ4v) is 2.80. The van der Waals surface area contributed by atoms with Gasteiger partial charge >= 0.3 is 6.03 Å². The van der Waals surface area contributed by atoms with E-state index in [0.717, 1.165) is 29.6 Å². The van der Waals surface area contributed by atoms with E-state index < -0.39 is 0 Å². The van der Waals surface area contributed by atoms with Crippen molar-refractivity contribution in [3.63, 3.8) is 0 Å². The van der Waals surface area contributed by atoms with Crippen molar-refractivity contribution in [3.8, 4) is 0 Å². The van der Waals surface area contributed by atoms with E-state index in [2.05, 4.69) is 15.3 Å². The molecule has 0 radical (unpaired) electrons. The Morgan fingerprint density at radius 1 is 1.14 bits per heavy atom. The number of carbonyl (C=O) groups excluding carboxylic acids is 1. The summed E-state index contributed by atoms with van der Waals surface area (Å²) in [6, 6.07) is 5.95. The molecule has 21 heavy (non-hydrogen) atoms. The second-order valence-corrected chi connectivity index (χ2v) is 5.57. The summed E-state index contributed by atoms with van der Waals surface area (Å²) in [7, 11) is 1.79. The summed E-state index contributed by atoms with van der Waals surface area (Å²) < 4.78 is 0. The summed E-state index contributed by atoms with van der Waals surface area (Å²) in [6.45, 7) is 0. The Balaban J connectivity index is 1.72. The van der Waals surface area contributed by atoms with Gasteiger partial charge in [0.25, 0.3) is 0 Å². The third-order valence-electron chi connectivity index (χ3n) is 4.08. The molecule has 5 nitrogen and oxygen atoms in total. The molecule has 2 aromatic rings. The van der Waals surface area contributed by atoms with Gasteiger partial charge in [0.2, 0.25) is 0 Å². The number of carbonyl (C=O) groups is 1. The summed E-state index contributed by atoms with van der Waals surface area (Å²) >= 11 is 0. The lowest BCUT2D eigenvalue weighted by Crippen LogP contribution is -2.43. The van der Waals surface area contributed by atoms with Crippen LogP contribution in [0.15, 0.2) is 30.6 Å². The van der Waals surface area contributed by atoms with Gasteiger partial charge in [-0.15, -0.1) is 0 Å². The van der Waals surface area contributed by atoms with Crippen LogP contribution in [0.3, 0.4) is 0 Å². The molecule has 2 amide bonds. The lowest BCUT2D eigenvalue weighted by Gasteiger charge is -2.26. The quantitative estimate of drug-likeness (QED) is 0.921. The summed E-state index contributed by atoms with van der Waals surface area (Å²) in [5, 5.41) is 3.12. The molecule has 3 rings (SSSR count). The molecule has 110 valence electrons. The minimum Gasteiger partial charge on any atom is -0.335 e. The number of aromatic nitrogens is 2. The molecule has 0 aliphatic heterocycles. The van der Waals surface area contributed by atoms with E-state index in [-0.39, 0.29) is 6.03 Å². The third kappa shape index (κ3) is 3.12. The molecule has 1 aromatic heterocycles. The molecule has 1 aliphatic rings. The van der Waals surface area contributed by atoms with Crippen LogP contribution < -0.4 is 10.2 Å². The number of anilines is 1. The zero-order chi connectivity index (χ0) is 14.7. The van der Waals surface area contributed by atoms with Crippen LogP contribution in [0.4, 0.5) is 10.5 Å². The van der Waals surface area contributed by atoms with Crippen LogP contribution in [-0.4, -0.2) is 29.1 Å². The fourth-order valence-electron chi connectivity index (χ4n) is 2.80. The molecule has 0 unspecified atom stereocenters. The van der Waals surface area contributed by atoms with E-state index in [1.54, 1.807) is 24.3 Å². The highest BCUT2D eigenvalue weighted by molar-refractivity contribution is 5.93. The summed E-state index contributed by atoms with van der Waals surface area (Å²) in [5.41, 5.74) is 2.46. The summed E-state index contributed by atoms with van der Waals surface area (Å²) in [4.78, 5) is 22.5. The first-order valence-electron chi connectivity index (χ1n) is 7.49. The van der Waals surface area contributed by atoms with Crippen LogP contribution in [0, 0.1) is 0 Å². The van der Waals surface area contributed by atoms with Gasteiger partial charge in [0, 0.05) is 31.2 Å². The van der Waals surface area contributed by atoms with Crippen molar-refractivity contribution in [2.24, 2.45) is 0 Å². The van der Waals surface area contributed by atoms with E-state index in [1.807, 2.05) is 18.2 Å². The van der Waals surface area contributed by atoms with E-state index in [9.17, 15) is 4.79 Å². The van der Waals surface area contributed by atoms with Gasteiger partial charge in [-0.1, -0.05) is 19.3 Å². The normalized spacial score (nSPS) is 15.9. The number of fused-ring (bicyclic) bond motifs is 1. The first-order chi connectivity index (χ1) is 10.2. The first kappa shape index (κ1) is 13.8. The Morgan fingerprint density at radius 3 is 2.62 bits per heavy atom. The van der Waals surface area contributed by atoms with Crippen molar-refractivity contribution in [3.05, 3.63) is 30.6 Å². The van der Waals surface area contributed by atoms with Gasteiger partial charge in [-0.2, -0.15) is 0 Å². The van der Waals surface area contributed by atoms with Gasteiger partial charge in [-0.3, -0.25) is 14.9 Å². The maximum Gasteiger partial charge on any atom is 0.321 e. The van der Waals surface area contributed by atoms with Crippen LogP contribution in [0.25, 0.3) is 11.0 Å². The number of nitrogens with zero attached hydrogens (tertiary/aromatic N) is 3. The predicted molar refractivity (Wildman–Crippen MR) is 83.3 cm³/mol. The van der Waals surface area contributed by atoms with Crippen molar-refractivity contribution in [2.45, 2.75) is 38.1 Å². The molecule has 1 saturated carbocycles. The molecule has 5 heteroatoms. The number of benzene rings is 1. The standard InChI is InChI=1S/C16H20N4O/c1-20(16(21)19-12-5-3-2-4-6-12)13-7-8-14-15(11-13)18-10-9-17-14/h7-12H,2-6H2,1H3,(H,19,21).